The van der Waals surface area contributed by atoms with E-state index in [4.69, 9.17) is 4.74 Å². The van der Waals surface area contributed by atoms with Crippen LogP contribution >= 0.6 is 0 Å². The van der Waals surface area contributed by atoms with Gasteiger partial charge in [0.25, 0.3) is 0 Å². The van der Waals surface area contributed by atoms with E-state index in [1.54, 1.807) is 0 Å². The van der Waals surface area contributed by atoms with Gasteiger partial charge >= 0.3 is 0 Å². The molecule has 248 valence electrons. The minimum Gasteiger partial charge on any atom is -0.650 e. The topological polar surface area (TPSA) is 123 Å². The van der Waals surface area contributed by atoms with E-state index in [-0.39, 0.29) is 47.6 Å². The fraction of sp³-hybridized carbons (Fsp3) is 0.970. The zero-order chi connectivity index (χ0) is 28.5. The van der Waals surface area contributed by atoms with E-state index >= 15 is 0 Å². The van der Waals surface area contributed by atoms with E-state index in [2.05, 4.69) is 42.5 Å². The van der Waals surface area contributed by atoms with Crippen molar-refractivity contribution in [3.05, 3.63) is 0 Å². The van der Waals surface area contributed by atoms with Crippen LogP contribution in [0.2, 0.25) is 0 Å². The van der Waals surface area contributed by atoms with Crippen molar-refractivity contribution < 1.29 is 26.6 Å². The Hall–Kier alpha value is -0.331. The van der Waals surface area contributed by atoms with E-state index in [0.29, 0.717) is 72.3 Å². The van der Waals surface area contributed by atoms with Crippen LogP contribution in [-0.2, 0) is 26.6 Å². The van der Waals surface area contributed by atoms with Crippen molar-refractivity contribution in [1.29, 1.82) is 0 Å². The van der Waals surface area contributed by atoms with Gasteiger partial charge in [0.15, 0.2) is 0 Å². The number of hydrogen-bond donors (Lipinski definition) is 8. The van der Waals surface area contributed by atoms with Crippen LogP contribution < -0.4 is 42.5 Å². The largest absolute Gasteiger partial charge is 0.650 e. The van der Waals surface area contributed by atoms with Crippen molar-refractivity contribution in [2.24, 2.45) is 47.3 Å². The smallest absolute Gasteiger partial charge is 0.0663 e. The monoisotopic (exact) mass is 651 g/mol. The Labute approximate surface area is 274 Å². The van der Waals surface area contributed by atoms with Crippen LogP contribution in [-0.4, -0.2) is 61.9 Å². The molecule has 0 spiro atoms. The molecule has 0 aromatic carbocycles. The van der Waals surface area contributed by atoms with Crippen LogP contribution in [0.5, 0.6) is 0 Å². The third-order valence-corrected chi connectivity index (χ3v) is 14.0. The third-order valence-electron chi connectivity index (χ3n) is 14.0. The Morgan fingerprint density at radius 1 is 0.386 bits per heavy atom. The quantitative estimate of drug-likeness (QED) is 0.165. The normalized spacial score (nSPS) is 54.7. The Bertz CT molecular complexity index is 1020. The molecule has 0 aromatic heterocycles. The average molecular weight is 652 g/mol. The van der Waals surface area contributed by atoms with Gasteiger partial charge in [0, 0.05) is 23.0 Å². The number of fused-ring (bicyclic) bond motifs is 20. The first-order chi connectivity index (χ1) is 21.2. The van der Waals surface area contributed by atoms with Crippen LogP contribution in [0.3, 0.4) is 0 Å². The fourth-order valence-electron chi connectivity index (χ4n) is 12.2. The van der Waals surface area contributed by atoms with Crippen molar-refractivity contribution in [1.82, 2.24) is 42.5 Å². The average Bonchev–Trinajstić information content (AvgIpc) is 3.77. The van der Waals surface area contributed by atoms with Crippen LogP contribution in [0.25, 0.3) is 0 Å². The predicted molar refractivity (Wildman–Crippen MR) is 163 cm³/mol. The first-order valence-corrected chi connectivity index (χ1v) is 18.4. The number of ether oxygens (including phenoxy) is 1. The summed E-state index contributed by atoms with van der Waals surface area (Å²) in [6.07, 6.45) is 21.3. The van der Waals surface area contributed by atoms with Crippen molar-refractivity contribution in [2.45, 2.75) is 152 Å². The molecule has 11 heteroatoms. The summed E-state index contributed by atoms with van der Waals surface area (Å²) >= 11 is 0. The number of rotatable bonds is 2. The Morgan fingerprint density at radius 2 is 0.682 bits per heavy atom. The second-order valence-corrected chi connectivity index (χ2v) is 15.9. The Balaban J connectivity index is 0.00000289. The molecule has 5 heterocycles. The van der Waals surface area contributed by atoms with Gasteiger partial charge in [-0.15, -0.1) is 0 Å². The van der Waals surface area contributed by atoms with Gasteiger partial charge in [0.2, 0.25) is 0 Å². The Morgan fingerprint density at radius 3 is 1.02 bits per heavy atom. The van der Waals surface area contributed by atoms with Gasteiger partial charge in [0.1, 0.15) is 0 Å². The molecule has 4 aliphatic carbocycles. The summed E-state index contributed by atoms with van der Waals surface area (Å²) in [7, 11) is 0. The van der Waals surface area contributed by atoms with E-state index in [9.17, 15) is 4.79 Å². The summed E-state index contributed by atoms with van der Waals surface area (Å²) < 4.78 is 5.71. The van der Waals surface area contributed by atoms with Gasteiger partial charge < -0.3 is 9.53 Å². The van der Waals surface area contributed by atoms with Gasteiger partial charge in [0.05, 0.1) is 55.4 Å². The molecule has 5 aliphatic heterocycles. The summed E-state index contributed by atoms with van der Waals surface area (Å²) in [5, 5.41) is 33.2. The first-order valence-electron chi connectivity index (χ1n) is 18.4. The molecule has 9 aliphatic rings. The van der Waals surface area contributed by atoms with E-state index in [1.807, 2.05) is 6.47 Å². The van der Waals surface area contributed by atoms with E-state index in [1.165, 1.54) is 83.5 Å². The van der Waals surface area contributed by atoms with Crippen LogP contribution in [0.15, 0.2) is 0 Å². The second-order valence-electron chi connectivity index (χ2n) is 15.9. The summed E-state index contributed by atoms with van der Waals surface area (Å²) in [5.41, 5.74) is 0. The molecule has 10 nitrogen and oxygen atoms in total. The molecule has 9 fully saturated rings. The standard InChI is InChI=1S/C33H55N8O2.Fe/c42-16-43-24-15-7-14-23-25(24)33-40-31-22-13-6-5-12-21(22)29(38-31)36-27-18-9-2-1-8-17(18)26(34-27)35-28-19-10-3-4-11-20(19)30(37-28)39-32(23)41-33;/h17-41H,1-15H2;/q-1;. The van der Waals surface area contributed by atoms with Crippen LogP contribution in [0, 0.1) is 47.3 Å². The minimum absolute atomic E-state index is 0. The second kappa shape index (κ2) is 12.9. The molecule has 9 rings (SSSR count). The van der Waals surface area contributed by atoms with Crippen molar-refractivity contribution in [3.63, 3.8) is 0 Å². The molecule has 17 atom stereocenters. The molecule has 4 saturated carbocycles. The third kappa shape index (κ3) is 5.33. The molecule has 5 saturated heterocycles. The maximum atomic E-state index is 11.5. The SMILES string of the molecule is O=[C-]OC1CCCC2C3NC4NC(NC5NC(NC6NC(NC(N3)C12)C1CCCCC61)C1CCCCC51)C1CCCCC41.[Fe]. The minimum atomic E-state index is -0.0795. The number of nitrogens with one attached hydrogen (secondary N) is 8. The maximum absolute atomic E-state index is 11.5. The van der Waals surface area contributed by atoms with E-state index < -0.39 is 0 Å². The first kappa shape index (κ1) is 31.0. The molecule has 0 aromatic rings. The van der Waals surface area contributed by atoms with Crippen molar-refractivity contribution >= 4 is 6.47 Å². The van der Waals surface area contributed by atoms with Gasteiger partial charge in [-0.3, -0.25) is 42.5 Å². The maximum Gasteiger partial charge on any atom is 0.0663 e. The van der Waals surface area contributed by atoms with Crippen LogP contribution in [0.4, 0.5) is 0 Å². The van der Waals surface area contributed by atoms with Gasteiger partial charge in [-0.05, 0) is 99.2 Å². The number of hydrogen-bond acceptors (Lipinski definition) is 10. The van der Waals surface area contributed by atoms with Gasteiger partial charge in [-0.2, -0.15) is 0 Å². The summed E-state index contributed by atoms with van der Waals surface area (Å²) in [6.45, 7) is 1.84. The predicted octanol–water partition coefficient (Wildman–Crippen LogP) is 1.67. The summed E-state index contributed by atoms with van der Waals surface area (Å²) in [4.78, 5) is 11.5. The van der Waals surface area contributed by atoms with Gasteiger partial charge in [-0.1, -0.05) is 45.0 Å². The molecule has 8 bridgehead atoms. The fourth-order valence-corrected chi connectivity index (χ4v) is 12.2. The summed E-state index contributed by atoms with van der Waals surface area (Å²) in [6, 6.07) is 0. The molecular formula is C33H55FeN8O2-. The summed E-state index contributed by atoms with van der Waals surface area (Å²) in [5.74, 6) is 4.63. The number of carbonyl (C=O) groups excluding carboxylic acids is 1. The van der Waals surface area contributed by atoms with Crippen LogP contribution in [0.1, 0.15) is 96.3 Å². The Kier molecular flexibility index (Phi) is 9.11. The molecule has 0 amide bonds. The van der Waals surface area contributed by atoms with Gasteiger partial charge in [-0.25, -0.2) is 0 Å². The molecule has 0 radical (unpaired) electrons. The van der Waals surface area contributed by atoms with E-state index in [0.717, 1.165) is 12.8 Å². The molecule has 17 unspecified atom stereocenters. The van der Waals surface area contributed by atoms with Crippen molar-refractivity contribution in [3.8, 4) is 0 Å². The molecule has 8 N–H and O–H groups in total. The zero-order valence-electron chi connectivity index (χ0n) is 26.1. The molecule has 44 heavy (non-hydrogen) atoms. The molecular weight excluding hydrogens is 596 g/mol. The van der Waals surface area contributed by atoms with Crippen molar-refractivity contribution in [2.75, 3.05) is 0 Å². The zero-order valence-corrected chi connectivity index (χ0v) is 27.2.